The van der Waals surface area contributed by atoms with Crippen LogP contribution in [0.3, 0.4) is 0 Å². The molecule has 0 atom stereocenters. The van der Waals surface area contributed by atoms with Crippen LogP contribution in [0.1, 0.15) is 29.4 Å². The molecule has 0 radical (unpaired) electrons. The fourth-order valence-electron chi connectivity index (χ4n) is 3.33. The van der Waals surface area contributed by atoms with Gasteiger partial charge in [0.2, 0.25) is 11.9 Å². The second-order valence-corrected chi connectivity index (χ2v) is 6.51. The topological polar surface area (TPSA) is 80.2 Å². The van der Waals surface area contributed by atoms with Crippen LogP contribution in [0.4, 0.5) is 5.95 Å². The molecule has 2 aromatic rings. The van der Waals surface area contributed by atoms with E-state index >= 15 is 0 Å². The highest BCUT2D eigenvalue weighted by Gasteiger charge is 2.18. The summed E-state index contributed by atoms with van der Waals surface area (Å²) in [7, 11) is 0. The number of amides is 1. The molecule has 0 aromatic carbocycles. The summed E-state index contributed by atoms with van der Waals surface area (Å²) in [5.74, 6) is 1.17. The molecule has 4 rings (SSSR count). The summed E-state index contributed by atoms with van der Waals surface area (Å²) < 4.78 is 5.61. The molecule has 2 aromatic heterocycles. The Kier molecular flexibility index (Phi) is 4.31. The number of pyridine rings is 1. The minimum Gasteiger partial charge on any atom is -0.491 e. The first-order valence-corrected chi connectivity index (χ1v) is 8.63. The van der Waals surface area contributed by atoms with E-state index in [0.29, 0.717) is 5.95 Å². The lowest BCUT2D eigenvalue weighted by atomic mass is 10.1. The lowest BCUT2D eigenvalue weighted by Gasteiger charge is -2.19. The summed E-state index contributed by atoms with van der Waals surface area (Å²) in [5, 5.41) is 2.65. The molecule has 0 aliphatic carbocycles. The number of aromatic nitrogens is 3. The first-order valence-electron chi connectivity index (χ1n) is 8.63. The number of ether oxygens (including phenoxy) is 1. The number of anilines is 1. The Morgan fingerprint density at radius 2 is 2.08 bits per heavy atom. The van der Waals surface area contributed by atoms with Crippen LogP contribution in [0.5, 0.6) is 5.75 Å². The van der Waals surface area contributed by atoms with Gasteiger partial charge >= 0.3 is 0 Å². The lowest BCUT2D eigenvalue weighted by molar-refractivity contribution is -0.114. The van der Waals surface area contributed by atoms with E-state index in [2.05, 4.69) is 31.2 Å². The van der Waals surface area contributed by atoms with Gasteiger partial charge < -0.3 is 4.74 Å². The molecular formula is C18H21N5O2. The third-order valence-corrected chi connectivity index (χ3v) is 4.59. The van der Waals surface area contributed by atoms with E-state index in [4.69, 9.17) is 4.74 Å². The van der Waals surface area contributed by atoms with E-state index in [0.717, 1.165) is 68.2 Å². The second kappa shape index (κ2) is 6.76. The van der Waals surface area contributed by atoms with E-state index in [-0.39, 0.29) is 5.91 Å². The van der Waals surface area contributed by atoms with E-state index in [1.165, 1.54) is 12.5 Å². The summed E-state index contributed by atoms with van der Waals surface area (Å²) in [6, 6.07) is 2.11. The van der Waals surface area contributed by atoms with E-state index in [1.54, 1.807) is 0 Å². The smallest absolute Gasteiger partial charge is 0.229 e. The molecule has 4 heterocycles. The molecule has 2 aliphatic rings. The average molecular weight is 339 g/mol. The van der Waals surface area contributed by atoms with Crippen LogP contribution in [0.2, 0.25) is 0 Å². The van der Waals surface area contributed by atoms with Crippen molar-refractivity contribution in [2.75, 3.05) is 25.0 Å². The van der Waals surface area contributed by atoms with Gasteiger partial charge in [-0.1, -0.05) is 0 Å². The molecule has 1 N–H and O–H groups in total. The predicted molar refractivity (Wildman–Crippen MR) is 92.5 cm³/mol. The van der Waals surface area contributed by atoms with Crippen LogP contribution in [0, 0.1) is 0 Å². The number of fused-ring (bicyclic) bond motifs is 2. The monoisotopic (exact) mass is 339 g/mol. The van der Waals surface area contributed by atoms with Crippen LogP contribution in [0.15, 0.2) is 18.5 Å². The van der Waals surface area contributed by atoms with Crippen LogP contribution >= 0.6 is 0 Å². The molecule has 0 saturated carbocycles. The highest BCUT2D eigenvalue weighted by molar-refractivity contribution is 5.86. The van der Waals surface area contributed by atoms with Gasteiger partial charge in [0, 0.05) is 51.8 Å². The summed E-state index contributed by atoms with van der Waals surface area (Å²) in [6.07, 6.45) is 6.45. The Morgan fingerprint density at radius 1 is 1.20 bits per heavy atom. The Hall–Kier alpha value is -2.54. The van der Waals surface area contributed by atoms with Gasteiger partial charge in [0.05, 0.1) is 18.0 Å². The number of hydrogen-bond acceptors (Lipinski definition) is 6. The second-order valence-electron chi connectivity index (χ2n) is 6.51. The van der Waals surface area contributed by atoms with Crippen molar-refractivity contribution >= 4 is 11.9 Å². The van der Waals surface area contributed by atoms with Crippen molar-refractivity contribution in [1.29, 1.82) is 0 Å². The fourth-order valence-corrected chi connectivity index (χ4v) is 3.33. The molecule has 1 amide bonds. The largest absolute Gasteiger partial charge is 0.491 e. The van der Waals surface area contributed by atoms with Crippen molar-refractivity contribution in [2.45, 2.75) is 32.7 Å². The van der Waals surface area contributed by atoms with Crippen molar-refractivity contribution < 1.29 is 9.53 Å². The molecule has 0 spiro atoms. The maximum absolute atomic E-state index is 11.2. The maximum atomic E-state index is 11.2. The lowest BCUT2D eigenvalue weighted by Crippen LogP contribution is -2.26. The number of carbonyl (C=O) groups is 1. The quantitative estimate of drug-likeness (QED) is 0.910. The first-order chi connectivity index (χ1) is 12.2. The van der Waals surface area contributed by atoms with Gasteiger partial charge in [-0.3, -0.25) is 20.0 Å². The molecule has 130 valence electrons. The van der Waals surface area contributed by atoms with Crippen molar-refractivity contribution in [2.24, 2.45) is 0 Å². The van der Waals surface area contributed by atoms with Gasteiger partial charge in [0.25, 0.3) is 0 Å². The van der Waals surface area contributed by atoms with Gasteiger partial charge in [-0.05, 0) is 23.6 Å². The van der Waals surface area contributed by atoms with E-state index in [1.807, 2.05) is 12.4 Å². The first kappa shape index (κ1) is 16.0. The average Bonchev–Trinajstić information content (AvgIpc) is 2.96. The number of nitrogens with zero attached hydrogens (tertiary/aromatic N) is 4. The van der Waals surface area contributed by atoms with Gasteiger partial charge in [0.1, 0.15) is 5.75 Å². The van der Waals surface area contributed by atoms with Crippen LogP contribution in [-0.2, 0) is 30.6 Å². The molecule has 0 unspecified atom stereocenters. The zero-order chi connectivity index (χ0) is 17.2. The van der Waals surface area contributed by atoms with E-state index in [9.17, 15) is 4.79 Å². The molecular weight excluding hydrogens is 318 g/mol. The van der Waals surface area contributed by atoms with Crippen molar-refractivity contribution in [1.82, 2.24) is 19.9 Å². The summed E-state index contributed by atoms with van der Waals surface area (Å²) in [5.41, 5.74) is 4.42. The molecule has 7 heteroatoms. The predicted octanol–water partition coefficient (Wildman–Crippen LogP) is 1.37. The normalized spacial score (nSPS) is 16.5. The highest BCUT2D eigenvalue weighted by Crippen LogP contribution is 2.25. The molecule has 0 bridgehead atoms. The van der Waals surface area contributed by atoms with Crippen LogP contribution in [0.25, 0.3) is 0 Å². The Labute approximate surface area is 146 Å². The van der Waals surface area contributed by atoms with E-state index < -0.39 is 0 Å². The summed E-state index contributed by atoms with van der Waals surface area (Å²) in [6.45, 7) is 4.92. The number of hydrogen-bond donors (Lipinski definition) is 1. The number of rotatable bonds is 3. The van der Waals surface area contributed by atoms with Gasteiger partial charge in [-0.15, -0.1) is 0 Å². The van der Waals surface area contributed by atoms with Crippen molar-refractivity contribution in [3.63, 3.8) is 0 Å². The summed E-state index contributed by atoms with van der Waals surface area (Å²) in [4.78, 5) is 26.8. The Balaban J connectivity index is 1.43. The third kappa shape index (κ3) is 3.61. The van der Waals surface area contributed by atoms with Gasteiger partial charge in [-0.25, -0.2) is 9.97 Å². The number of nitrogens with one attached hydrogen (secondary N) is 1. The van der Waals surface area contributed by atoms with Crippen molar-refractivity contribution in [3.05, 3.63) is 41.0 Å². The minimum absolute atomic E-state index is 0.151. The van der Waals surface area contributed by atoms with Crippen LogP contribution in [-0.4, -0.2) is 45.5 Å². The standard InChI is InChI=1S/C18H21N5O2/c1-12(24)21-18-20-10-14-2-5-23(6-3-15(14)22-18)11-13-8-17-16(19-9-13)4-7-25-17/h8-10H,2-7,11H2,1H3,(H,20,21,22,24). The van der Waals surface area contributed by atoms with Crippen molar-refractivity contribution in [3.8, 4) is 5.75 Å². The minimum atomic E-state index is -0.151. The molecule has 7 nitrogen and oxygen atoms in total. The number of carbonyl (C=O) groups excluding carboxylic acids is 1. The third-order valence-electron chi connectivity index (χ3n) is 4.59. The summed E-state index contributed by atoms with van der Waals surface area (Å²) >= 11 is 0. The SMILES string of the molecule is CC(=O)Nc1ncc2c(n1)CCN(Cc1cnc3c(c1)OCC3)CC2. The zero-order valence-corrected chi connectivity index (χ0v) is 14.3. The van der Waals surface area contributed by atoms with Gasteiger partial charge in [0.15, 0.2) is 0 Å². The fraction of sp³-hybridized carbons (Fsp3) is 0.444. The zero-order valence-electron chi connectivity index (χ0n) is 14.3. The Morgan fingerprint density at radius 3 is 2.96 bits per heavy atom. The van der Waals surface area contributed by atoms with Gasteiger partial charge in [-0.2, -0.15) is 0 Å². The van der Waals surface area contributed by atoms with Crippen LogP contribution < -0.4 is 10.1 Å². The highest BCUT2D eigenvalue weighted by atomic mass is 16.5. The molecule has 0 fully saturated rings. The Bertz CT molecular complexity index is 808. The molecule has 2 aliphatic heterocycles. The molecule has 25 heavy (non-hydrogen) atoms. The molecule has 0 saturated heterocycles. The maximum Gasteiger partial charge on any atom is 0.229 e.